The Kier molecular flexibility index (Phi) is 3.94. The van der Waals surface area contributed by atoms with Crippen LogP contribution in [-0.4, -0.2) is 30.1 Å². The lowest BCUT2D eigenvalue weighted by Crippen LogP contribution is -2.21. The zero-order valence-electron chi connectivity index (χ0n) is 12.1. The number of rotatable bonds is 6. The van der Waals surface area contributed by atoms with Gasteiger partial charge >= 0.3 is 0 Å². The monoisotopic (exact) mass is 308 g/mol. The van der Waals surface area contributed by atoms with Crippen molar-refractivity contribution >= 4 is 32.9 Å². The van der Waals surface area contributed by atoms with Crippen molar-refractivity contribution in [2.75, 3.05) is 30.4 Å². The molecule has 1 aliphatic rings. The van der Waals surface area contributed by atoms with Crippen LogP contribution in [0.3, 0.4) is 0 Å². The van der Waals surface area contributed by atoms with E-state index in [4.69, 9.17) is 4.98 Å². The first-order valence-corrected chi connectivity index (χ1v) is 8.85. The highest BCUT2D eigenvalue weighted by atomic mass is 32.1. The number of thiazole rings is 2. The third-order valence-electron chi connectivity index (χ3n) is 3.59. The Morgan fingerprint density at radius 1 is 1.30 bits per heavy atom. The minimum Gasteiger partial charge on any atom is -0.365 e. The van der Waals surface area contributed by atoms with Gasteiger partial charge in [-0.25, -0.2) is 9.97 Å². The number of hydrogen-bond donors (Lipinski definition) is 1. The molecule has 1 aliphatic carbocycles. The van der Waals surface area contributed by atoms with Crippen LogP contribution in [0.2, 0.25) is 0 Å². The minimum absolute atomic E-state index is 0.658. The van der Waals surface area contributed by atoms with Crippen LogP contribution < -0.4 is 10.2 Å². The summed E-state index contributed by atoms with van der Waals surface area (Å²) in [6, 6.07) is 0. The van der Waals surface area contributed by atoms with Gasteiger partial charge in [0.15, 0.2) is 10.3 Å². The lowest BCUT2D eigenvalue weighted by molar-refractivity contribution is 0.853. The number of hydrogen-bond acceptors (Lipinski definition) is 6. The van der Waals surface area contributed by atoms with Crippen LogP contribution in [0, 0.1) is 0 Å². The van der Waals surface area contributed by atoms with Gasteiger partial charge in [-0.2, -0.15) is 0 Å². The second kappa shape index (κ2) is 5.69. The van der Waals surface area contributed by atoms with E-state index >= 15 is 0 Å². The van der Waals surface area contributed by atoms with Crippen molar-refractivity contribution in [3.05, 3.63) is 11.1 Å². The van der Waals surface area contributed by atoms with E-state index in [1.54, 1.807) is 22.7 Å². The van der Waals surface area contributed by atoms with Gasteiger partial charge in [-0.3, -0.25) is 0 Å². The Balaban J connectivity index is 1.99. The highest BCUT2D eigenvalue weighted by Gasteiger charge is 2.31. The Morgan fingerprint density at radius 2 is 2.05 bits per heavy atom. The topological polar surface area (TPSA) is 41.1 Å². The molecule has 0 amide bonds. The van der Waals surface area contributed by atoms with Crippen molar-refractivity contribution in [2.24, 2.45) is 0 Å². The van der Waals surface area contributed by atoms with Gasteiger partial charge in [0.1, 0.15) is 0 Å². The maximum atomic E-state index is 4.91. The highest BCUT2D eigenvalue weighted by Crippen LogP contribution is 2.48. The summed E-state index contributed by atoms with van der Waals surface area (Å²) in [5.74, 6) is 0.658. The molecule has 20 heavy (non-hydrogen) atoms. The van der Waals surface area contributed by atoms with E-state index in [0.29, 0.717) is 5.92 Å². The van der Waals surface area contributed by atoms with Crippen LogP contribution in [0.1, 0.15) is 38.3 Å². The molecule has 2 heterocycles. The molecule has 0 radical (unpaired) electrons. The molecule has 0 saturated heterocycles. The van der Waals surface area contributed by atoms with Gasteiger partial charge in [-0.15, -0.1) is 11.3 Å². The molecule has 6 heteroatoms. The fourth-order valence-electron chi connectivity index (χ4n) is 2.26. The molecule has 0 spiro atoms. The van der Waals surface area contributed by atoms with Crippen LogP contribution in [0.4, 0.5) is 10.3 Å². The van der Waals surface area contributed by atoms with Crippen molar-refractivity contribution in [1.29, 1.82) is 0 Å². The molecular formula is C14H20N4S2. The first-order chi connectivity index (χ1) is 9.76. The largest absolute Gasteiger partial charge is 0.365 e. The smallest absolute Gasteiger partial charge is 0.186 e. The van der Waals surface area contributed by atoms with Crippen molar-refractivity contribution in [1.82, 2.24) is 9.97 Å². The molecule has 2 aromatic heterocycles. The molecule has 0 aliphatic heterocycles. The summed E-state index contributed by atoms with van der Waals surface area (Å²) < 4.78 is 0. The van der Waals surface area contributed by atoms with E-state index in [9.17, 15) is 0 Å². The molecule has 0 aromatic carbocycles. The van der Waals surface area contributed by atoms with E-state index in [1.807, 2.05) is 7.05 Å². The summed E-state index contributed by atoms with van der Waals surface area (Å²) in [6.07, 6.45) is 2.55. The maximum absolute atomic E-state index is 4.91. The van der Waals surface area contributed by atoms with E-state index < -0.39 is 0 Å². The summed E-state index contributed by atoms with van der Waals surface area (Å²) >= 11 is 3.45. The van der Waals surface area contributed by atoms with Crippen LogP contribution in [0.25, 0.3) is 10.6 Å². The van der Waals surface area contributed by atoms with E-state index in [0.717, 1.165) is 29.0 Å². The highest BCUT2D eigenvalue weighted by molar-refractivity contribution is 7.19. The molecule has 0 atom stereocenters. The number of aromatic nitrogens is 2. The van der Waals surface area contributed by atoms with Crippen LogP contribution in [0.5, 0.6) is 0 Å². The predicted molar refractivity (Wildman–Crippen MR) is 88.3 cm³/mol. The lowest BCUT2D eigenvalue weighted by Gasteiger charge is -2.16. The first kappa shape index (κ1) is 13.8. The Hall–Kier alpha value is -1.14. The lowest BCUT2D eigenvalue weighted by atomic mass is 10.2. The molecule has 108 valence electrons. The van der Waals surface area contributed by atoms with Gasteiger partial charge in [-0.05, 0) is 26.7 Å². The van der Waals surface area contributed by atoms with E-state index in [-0.39, 0.29) is 0 Å². The molecule has 4 nitrogen and oxygen atoms in total. The van der Waals surface area contributed by atoms with Crippen LogP contribution in [0.15, 0.2) is 5.38 Å². The van der Waals surface area contributed by atoms with Gasteiger partial charge < -0.3 is 10.2 Å². The Labute approximate surface area is 127 Å². The predicted octanol–water partition coefficient (Wildman–Crippen LogP) is 4.03. The van der Waals surface area contributed by atoms with E-state index in [2.05, 4.69) is 34.4 Å². The molecule has 1 saturated carbocycles. The SMILES string of the molecule is CCN(CC)c1nc(C2CC2)c(-c2csc(NC)n2)s1. The molecule has 0 unspecified atom stereocenters. The van der Waals surface area contributed by atoms with Gasteiger partial charge in [0.05, 0.1) is 16.3 Å². The van der Waals surface area contributed by atoms with Crippen molar-refractivity contribution < 1.29 is 0 Å². The number of anilines is 2. The first-order valence-electron chi connectivity index (χ1n) is 7.16. The van der Waals surface area contributed by atoms with Gasteiger partial charge in [-0.1, -0.05) is 11.3 Å². The second-order valence-electron chi connectivity index (χ2n) is 4.95. The van der Waals surface area contributed by atoms with Crippen LogP contribution >= 0.6 is 22.7 Å². The second-order valence-corrected chi connectivity index (χ2v) is 6.78. The zero-order valence-corrected chi connectivity index (χ0v) is 13.8. The van der Waals surface area contributed by atoms with Crippen LogP contribution in [-0.2, 0) is 0 Å². The summed E-state index contributed by atoms with van der Waals surface area (Å²) in [6.45, 7) is 6.38. The minimum atomic E-state index is 0.658. The maximum Gasteiger partial charge on any atom is 0.186 e. The van der Waals surface area contributed by atoms with Crippen molar-refractivity contribution in [3.8, 4) is 10.6 Å². The molecule has 1 fully saturated rings. The molecule has 2 aromatic rings. The molecular weight excluding hydrogens is 288 g/mol. The summed E-state index contributed by atoms with van der Waals surface area (Å²) in [5.41, 5.74) is 2.35. The number of nitrogens with one attached hydrogen (secondary N) is 1. The Bertz CT molecular complexity index is 582. The quantitative estimate of drug-likeness (QED) is 0.874. The third-order valence-corrected chi connectivity index (χ3v) is 5.61. The Morgan fingerprint density at radius 3 is 2.60 bits per heavy atom. The molecule has 1 N–H and O–H groups in total. The summed E-state index contributed by atoms with van der Waals surface area (Å²) in [7, 11) is 1.92. The average Bonchev–Trinajstić information content (AvgIpc) is 3.04. The number of nitrogens with zero attached hydrogens (tertiary/aromatic N) is 3. The molecule has 3 rings (SSSR count). The normalized spacial score (nSPS) is 14.6. The summed E-state index contributed by atoms with van der Waals surface area (Å²) in [4.78, 5) is 13.2. The van der Waals surface area contributed by atoms with E-state index in [1.165, 1.54) is 23.4 Å². The van der Waals surface area contributed by atoms with Gasteiger partial charge in [0.25, 0.3) is 0 Å². The van der Waals surface area contributed by atoms with Gasteiger partial charge in [0.2, 0.25) is 0 Å². The van der Waals surface area contributed by atoms with Crippen molar-refractivity contribution in [2.45, 2.75) is 32.6 Å². The summed E-state index contributed by atoms with van der Waals surface area (Å²) in [5, 5.41) is 7.37. The fraction of sp³-hybridized carbons (Fsp3) is 0.571. The third kappa shape index (κ3) is 2.54. The van der Waals surface area contributed by atoms with Crippen molar-refractivity contribution in [3.63, 3.8) is 0 Å². The average molecular weight is 308 g/mol. The molecule has 0 bridgehead atoms. The standard InChI is InChI=1S/C14H20N4S2/c1-4-18(5-2)14-17-11(9-6-7-9)12(20-14)10-8-19-13(15-3)16-10/h8-9H,4-7H2,1-3H3,(H,15,16). The fourth-order valence-corrected chi connectivity index (χ4v) is 4.24. The zero-order chi connectivity index (χ0) is 14.1. The van der Waals surface area contributed by atoms with Gasteiger partial charge in [0, 0.05) is 31.4 Å².